The zero-order valence-corrected chi connectivity index (χ0v) is 11.0. The van der Waals surface area contributed by atoms with E-state index in [0.717, 1.165) is 5.69 Å². The predicted octanol–water partition coefficient (Wildman–Crippen LogP) is 1.96. The number of aryl methyl sites for hydroxylation is 1. The second kappa shape index (κ2) is 6.04. The second-order valence-electron chi connectivity index (χ2n) is 4.09. The van der Waals surface area contributed by atoms with Gasteiger partial charge in [-0.05, 0) is 31.2 Å². The SMILES string of the molecule is Cc1ccc(C(=O)OCCOc2cccnc2)n1C. The molecule has 0 aliphatic carbocycles. The first-order chi connectivity index (χ1) is 9.18. The van der Waals surface area contributed by atoms with Crippen molar-refractivity contribution in [3.8, 4) is 5.75 Å². The molecule has 2 aromatic heterocycles. The molecule has 5 heteroatoms. The summed E-state index contributed by atoms with van der Waals surface area (Å²) in [5.74, 6) is 0.318. The minimum Gasteiger partial charge on any atom is -0.488 e. The third kappa shape index (κ3) is 3.34. The average molecular weight is 260 g/mol. The van der Waals surface area contributed by atoms with Gasteiger partial charge >= 0.3 is 5.97 Å². The lowest BCUT2D eigenvalue weighted by atomic mass is 10.4. The highest BCUT2D eigenvalue weighted by molar-refractivity contribution is 5.87. The van der Waals surface area contributed by atoms with Crippen molar-refractivity contribution in [2.75, 3.05) is 13.2 Å². The van der Waals surface area contributed by atoms with Crippen LogP contribution in [0.2, 0.25) is 0 Å². The van der Waals surface area contributed by atoms with E-state index in [1.165, 1.54) is 0 Å². The molecular weight excluding hydrogens is 244 g/mol. The van der Waals surface area contributed by atoms with E-state index in [0.29, 0.717) is 18.1 Å². The monoisotopic (exact) mass is 260 g/mol. The molecule has 0 aliphatic rings. The zero-order valence-electron chi connectivity index (χ0n) is 11.0. The molecule has 0 bridgehead atoms. The van der Waals surface area contributed by atoms with Crippen LogP contribution >= 0.6 is 0 Å². The first-order valence-corrected chi connectivity index (χ1v) is 6.01. The lowest BCUT2D eigenvalue weighted by Crippen LogP contribution is -2.15. The molecule has 5 nitrogen and oxygen atoms in total. The van der Waals surface area contributed by atoms with E-state index >= 15 is 0 Å². The van der Waals surface area contributed by atoms with Gasteiger partial charge in [-0.2, -0.15) is 0 Å². The van der Waals surface area contributed by atoms with Gasteiger partial charge in [0, 0.05) is 18.9 Å². The van der Waals surface area contributed by atoms with Crippen LogP contribution in [0.5, 0.6) is 5.75 Å². The lowest BCUT2D eigenvalue weighted by molar-refractivity contribution is 0.0439. The highest BCUT2D eigenvalue weighted by Crippen LogP contribution is 2.08. The van der Waals surface area contributed by atoms with E-state index in [1.54, 1.807) is 35.2 Å². The fourth-order valence-corrected chi connectivity index (χ4v) is 1.62. The maximum Gasteiger partial charge on any atom is 0.355 e. The summed E-state index contributed by atoms with van der Waals surface area (Å²) < 4.78 is 12.3. The fraction of sp³-hybridized carbons (Fsp3) is 0.286. The molecule has 0 atom stereocenters. The highest BCUT2D eigenvalue weighted by Gasteiger charge is 2.11. The molecule has 0 amide bonds. The summed E-state index contributed by atoms with van der Waals surface area (Å²) in [6.45, 7) is 2.45. The first-order valence-electron chi connectivity index (χ1n) is 6.01. The van der Waals surface area contributed by atoms with Crippen molar-refractivity contribution in [3.63, 3.8) is 0 Å². The molecule has 0 saturated heterocycles. The van der Waals surface area contributed by atoms with Crippen LogP contribution in [0, 0.1) is 6.92 Å². The second-order valence-corrected chi connectivity index (χ2v) is 4.09. The summed E-state index contributed by atoms with van der Waals surface area (Å²) >= 11 is 0. The summed E-state index contributed by atoms with van der Waals surface area (Å²) in [5, 5.41) is 0. The molecule has 0 aliphatic heterocycles. The number of esters is 1. The Balaban J connectivity index is 1.77. The number of pyridine rings is 1. The van der Waals surface area contributed by atoms with Crippen LogP contribution in [-0.4, -0.2) is 28.7 Å². The molecule has 0 aromatic carbocycles. The van der Waals surface area contributed by atoms with Gasteiger partial charge in [0.05, 0.1) is 6.20 Å². The van der Waals surface area contributed by atoms with Crippen molar-refractivity contribution in [2.24, 2.45) is 7.05 Å². The van der Waals surface area contributed by atoms with Crippen LogP contribution in [0.1, 0.15) is 16.2 Å². The van der Waals surface area contributed by atoms with E-state index in [-0.39, 0.29) is 12.6 Å². The molecule has 100 valence electrons. The molecule has 2 rings (SSSR count). The molecule has 0 saturated carbocycles. The molecular formula is C14H16N2O3. The Hall–Kier alpha value is -2.30. The summed E-state index contributed by atoms with van der Waals surface area (Å²) in [6.07, 6.45) is 3.28. The number of aromatic nitrogens is 2. The van der Waals surface area contributed by atoms with Crippen LogP contribution in [-0.2, 0) is 11.8 Å². The number of nitrogens with zero attached hydrogens (tertiary/aromatic N) is 2. The Morgan fingerprint density at radius 1 is 1.32 bits per heavy atom. The standard InChI is InChI=1S/C14H16N2O3/c1-11-5-6-13(16(11)2)14(17)19-9-8-18-12-4-3-7-15-10-12/h3-7,10H,8-9H2,1-2H3. The zero-order chi connectivity index (χ0) is 13.7. The number of hydrogen-bond acceptors (Lipinski definition) is 4. The van der Waals surface area contributed by atoms with Gasteiger partial charge in [-0.15, -0.1) is 0 Å². The van der Waals surface area contributed by atoms with E-state index in [1.807, 2.05) is 20.0 Å². The van der Waals surface area contributed by atoms with E-state index in [2.05, 4.69) is 4.98 Å². The normalized spacial score (nSPS) is 10.2. The molecule has 0 radical (unpaired) electrons. The quantitative estimate of drug-likeness (QED) is 0.609. The largest absolute Gasteiger partial charge is 0.488 e. The van der Waals surface area contributed by atoms with Gasteiger partial charge in [0.15, 0.2) is 0 Å². The van der Waals surface area contributed by atoms with Gasteiger partial charge in [-0.3, -0.25) is 4.98 Å². The minimum absolute atomic E-state index is 0.206. The molecule has 2 heterocycles. The van der Waals surface area contributed by atoms with E-state index in [4.69, 9.17) is 9.47 Å². The summed E-state index contributed by atoms with van der Waals surface area (Å²) in [4.78, 5) is 15.7. The van der Waals surface area contributed by atoms with Crippen molar-refractivity contribution >= 4 is 5.97 Å². The maximum absolute atomic E-state index is 11.8. The summed E-state index contributed by atoms with van der Waals surface area (Å²) in [7, 11) is 1.83. The molecule has 0 N–H and O–H groups in total. The highest BCUT2D eigenvalue weighted by atomic mass is 16.6. The predicted molar refractivity (Wildman–Crippen MR) is 70.2 cm³/mol. The van der Waals surface area contributed by atoms with Crippen LogP contribution < -0.4 is 4.74 Å². The lowest BCUT2D eigenvalue weighted by Gasteiger charge is -2.08. The third-order valence-corrected chi connectivity index (χ3v) is 2.80. The molecule has 2 aromatic rings. The average Bonchev–Trinajstić information content (AvgIpc) is 2.76. The van der Waals surface area contributed by atoms with Crippen molar-refractivity contribution in [2.45, 2.75) is 6.92 Å². The molecule has 0 unspecified atom stereocenters. The van der Waals surface area contributed by atoms with Crippen LogP contribution in [0.25, 0.3) is 0 Å². The van der Waals surface area contributed by atoms with Crippen molar-refractivity contribution in [1.29, 1.82) is 0 Å². The Kier molecular flexibility index (Phi) is 4.18. The number of rotatable bonds is 5. The summed E-state index contributed by atoms with van der Waals surface area (Å²) in [5.41, 5.74) is 1.55. The van der Waals surface area contributed by atoms with Crippen molar-refractivity contribution in [3.05, 3.63) is 48.0 Å². The minimum atomic E-state index is -0.342. The van der Waals surface area contributed by atoms with Gasteiger partial charge in [-0.25, -0.2) is 4.79 Å². The third-order valence-electron chi connectivity index (χ3n) is 2.80. The Morgan fingerprint density at radius 2 is 2.16 bits per heavy atom. The van der Waals surface area contributed by atoms with Gasteiger partial charge in [0.1, 0.15) is 24.7 Å². The molecule has 0 spiro atoms. The van der Waals surface area contributed by atoms with E-state index < -0.39 is 0 Å². The van der Waals surface area contributed by atoms with Gasteiger partial charge < -0.3 is 14.0 Å². The topological polar surface area (TPSA) is 53.4 Å². The fourth-order valence-electron chi connectivity index (χ4n) is 1.62. The summed E-state index contributed by atoms with van der Waals surface area (Å²) in [6, 6.07) is 7.21. The number of hydrogen-bond donors (Lipinski definition) is 0. The van der Waals surface area contributed by atoms with Crippen LogP contribution in [0.15, 0.2) is 36.7 Å². The Bertz CT molecular complexity index is 549. The van der Waals surface area contributed by atoms with Crippen LogP contribution in [0.3, 0.4) is 0 Å². The van der Waals surface area contributed by atoms with Gasteiger partial charge in [-0.1, -0.05) is 0 Å². The van der Waals surface area contributed by atoms with Gasteiger partial charge in [0.2, 0.25) is 0 Å². The van der Waals surface area contributed by atoms with Crippen molar-refractivity contribution in [1.82, 2.24) is 9.55 Å². The molecule has 19 heavy (non-hydrogen) atoms. The number of ether oxygens (including phenoxy) is 2. The number of carbonyl (C=O) groups is 1. The maximum atomic E-state index is 11.8. The smallest absolute Gasteiger partial charge is 0.355 e. The Labute approximate surface area is 111 Å². The van der Waals surface area contributed by atoms with E-state index in [9.17, 15) is 4.79 Å². The van der Waals surface area contributed by atoms with Crippen LogP contribution in [0.4, 0.5) is 0 Å². The number of carbonyl (C=O) groups excluding carboxylic acids is 1. The molecule has 0 fully saturated rings. The Morgan fingerprint density at radius 3 is 2.79 bits per heavy atom. The van der Waals surface area contributed by atoms with Gasteiger partial charge in [0.25, 0.3) is 0 Å². The first kappa shape index (κ1) is 13.1. The van der Waals surface area contributed by atoms with Crippen molar-refractivity contribution < 1.29 is 14.3 Å².